The Bertz CT molecular complexity index is 480. The van der Waals surface area contributed by atoms with Gasteiger partial charge in [0, 0.05) is 32.2 Å². The lowest BCUT2D eigenvalue weighted by atomic mass is 10.1. The first-order valence-corrected chi connectivity index (χ1v) is 7.00. The normalized spacial score (nSPS) is 16.5. The van der Waals surface area contributed by atoms with Crippen LogP contribution in [0.15, 0.2) is 18.2 Å². The van der Waals surface area contributed by atoms with Crippen LogP contribution in [0.3, 0.4) is 0 Å². The van der Waals surface area contributed by atoms with Crippen molar-refractivity contribution in [2.24, 2.45) is 0 Å². The SMILES string of the molecule is COc1cccc(C(=O)N2CCN(C(C)C)CC2)c1N. The number of nitrogen functional groups attached to an aromatic ring is 1. The number of benzene rings is 1. The van der Waals surface area contributed by atoms with Gasteiger partial charge in [-0.15, -0.1) is 0 Å². The van der Waals surface area contributed by atoms with Crippen LogP contribution in [-0.2, 0) is 0 Å². The Hall–Kier alpha value is -1.75. The van der Waals surface area contributed by atoms with Crippen LogP contribution in [0.25, 0.3) is 0 Å². The fourth-order valence-electron chi connectivity index (χ4n) is 2.52. The molecule has 5 heteroatoms. The second-order valence-electron chi connectivity index (χ2n) is 5.34. The average Bonchev–Trinajstić information content (AvgIpc) is 2.47. The van der Waals surface area contributed by atoms with Crippen LogP contribution in [-0.4, -0.2) is 55.0 Å². The van der Waals surface area contributed by atoms with E-state index < -0.39 is 0 Å². The third-order valence-electron chi connectivity index (χ3n) is 3.85. The van der Waals surface area contributed by atoms with Gasteiger partial charge in [0.1, 0.15) is 5.75 Å². The molecule has 0 atom stereocenters. The predicted octanol–water partition coefficient (Wildman–Crippen LogP) is 1.44. The predicted molar refractivity (Wildman–Crippen MR) is 80.0 cm³/mol. The molecule has 0 unspecified atom stereocenters. The van der Waals surface area contributed by atoms with Gasteiger partial charge in [-0.3, -0.25) is 9.69 Å². The molecule has 110 valence electrons. The molecule has 0 spiro atoms. The third-order valence-corrected chi connectivity index (χ3v) is 3.85. The molecule has 5 nitrogen and oxygen atoms in total. The minimum atomic E-state index is -0.00944. The average molecular weight is 277 g/mol. The smallest absolute Gasteiger partial charge is 0.256 e. The van der Waals surface area contributed by atoms with Crippen LogP contribution in [0, 0.1) is 0 Å². The van der Waals surface area contributed by atoms with E-state index in [1.165, 1.54) is 0 Å². The molecule has 1 aromatic rings. The Kier molecular flexibility index (Phi) is 4.49. The number of nitrogens with zero attached hydrogens (tertiary/aromatic N) is 2. The van der Waals surface area contributed by atoms with E-state index in [2.05, 4.69) is 18.7 Å². The zero-order chi connectivity index (χ0) is 14.7. The summed E-state index contributed by atoms with van der Waals surface area (Å²) in [5.41, 5.74) is 6.95. The number of methoxy groups -OCH3 is 1. The van der Waals surface area contributed by atoms with Crippen LogP contribution in [0.1, 0.15) is 24.2 Å². The largest absolute Gasteiger partial charge is 0.495 e. The van der Waals surface area contributed by atoms with Gasteiger partial charge in [-0.25, -0.2) is 0 Å². The van der Waals surface area contributed by atoms with Gasteiger partial charge >= 0.3 is 0 Å². The van der Waals surface area contributed by atoms with Crippen LogP contribution >= 0.6 is 0 Å². The number of ether oxygens (including phenoxy) is 1. The lowest BCUT2D eigenvalue weighted by Gasteiger charge is -2.37. The van der Waals surface area contributed by atoms with E-state index in [0.717, 1.165) is 26.2 Å². The standard InChI is InChI=1S/C15H23N3O2/c1-11(2)17-7-9-18(10-8-17)15(19)12-5-4-6-13(20-3)14(12)16/h4-6,11H,7-10,16H2,1-3H3. The van der Waals surface area contributed by atoms with Gasteiger partial charge in [-0.1, -0.05) is 6.07 Å². The van der Waals surface area contributed by atoms with Crippen molar-refractivity contribution in [1.29, 1.82) is 0 Å². The monoisotopic (exact) mass is 277 g/mol. The van der Waals surface area contributed by atoms with Crippen molar-refractivity contribution >= 4 is 11.6 Å². The maximum atomic E-state index is 12.5. The van der Waals surface area contributed by atoms with E-state index >= 15 is 0 Å². The highest BCUT2D eigenvalue weighted by Gasteiger charge is 2.25. The molecule has 0 aromatic heterocycles. The molecule has 1 saturated heterocycles. The zero-order valence-corrected chi connectivity index (χ0v) is 12.4. The van der Waals surface area contributed by atoms with Gasteiger partial charge in [0.2, 0.25) is 0 Å². The van der Waals surface area contributed by atoms with Crippen LogP contribution < -0.4 is 10.5 Å². The highest BCUT2D eigenvalue weighted by atomic mass is 16.5. The first-order chi connectivity index (χ1) is 9.54. The molecule has 1 heterocycles. The van der Waals surface area contributed by atoms with E-state index in [9.17, 15) is 4.79 Å². The van der Waals surface area contributed by atoms with Crippen molar-refractivity contribution in [2.75, 3.05) is 39.0 Å². The zero-order valence-electron chi connectivity index (χ0n) is 12.4. The fraction of sp³-hybridized carbons (Fsp3) is 0.533. The van der Waals surface area contributed by atoms with Crippen LogP contribution in [0.5, 0.6) is 5.75 Å². The minimum Gasteiger partial charge on any atom is -0.495 e. The molecule has 0 saturated carbocycles. The molecule has 20 heavy (non-hydrogen) atoms. The quantitative estimate of drug-likeness (QED) is 0.849. The molecule has 2 N–H and O–H groups in total. The second-order valence-corrected chi connectivity index (χ2v) is 5.34. The topological polar surface area (TPSA) is 58.8 Å². The number of nitrogens with two attached hydrogens (primary N) is 1. The fourth-order valence-corrected chi connectivity index (χ4v) is 2.52. The summed E-state index contributed by atoms with van der Waals surface area (Å²) in [4.78, 5) is 16.8. The molecular weight excluding hydrogens is 254 g/mol. The number of para-hydroxylation sites is 1. The van der Waals surface area contributed by atoms with Crippen molar-refractivity contribution in [3.8, 4) is 5.75 Å². The van der Waals surface area contributed by atoms with Gasteiger partial charge in [0.15, 0.2) is 0 Å². The first-order valence-electron chi connectivity index (χ1n) is 7.00. The highest BCUT2D eigenvalue weighted by molar-refractivity contribution is 6.00. The van der Waals surface area contributed by atoms with Crippen molar-refractivity contribution in [3.63, 3.8) is 0 Å². The molecule has 0 aliphatic carbocycles. The summed E-state index contributed by atoms with van der Waals surface area (Å²) < 4.78 is 5.17. The van der Waals surface area contributed by atoms with Crippen LogP contribution in [0.4, 0.5) is 5.69 Å². The van der Waals surface area contributed by atoms with Gasteiger partial charge in [0.25, 0.3) is 5.91 Å². The van der Waals surface area contributed by atoms with E-state index in [1.807, 2.05) is 4.90 Å². The molecule has 1 aliphatic rings. The Labute approximate surface area is 120 Å². The minimum absolute atomic E-state index is 0.00944. The number of anilines is 1. The number of carbonyl (C=O) groups excluding carboxylic acids is 1. The number of amides is 1. The molecule has 0 bridgehead atoms. The van der Waals surface area contributed by atoms with Crippen molar-refractivity contribution in [3.05, 3.63) is 23.8 Å². The molecule has 1 aromatic carbocycles. The van der Waals surface area contributed by atoms with Gasteiger partial charge in [-0.05, 0) is 26.0 Å². The van der Waals surface area contributed by atoms with E-state index in [0.29, 0.717) is 23.0 Å². The number of hydrogen-bond acceptors (Lipinski definition) is 4. The van der Waals surface area contributed by atoms with Gasteiger partial charge in [-0.2, -0.15) is 0 Å². The summed E-state index contributed by atoms with van der Waals surface area (Å²) in [6.07, 6.45) is 0. The summed E-state index contributed by atoms with van der Waals surface area (Å²) in [7, 11) is 1.56. The Balaban J connectivity index is 2.09. The lowest BCUT2D eigenvalue weighted by Crippen LogP contribution is -2.50. The number of hydrogen-bond donors (Lipinski definition) is 1. The van der Waals surface area contributed by atoms with Crippen LogP contribution in [0.2, 0.25) is 0 Å². The van der Waals surface area contributed by atoms with Crippen molar-refractivity contribution < 1.29 is 9.53 Å². The van der Waals surface area contributed by atoms with Crippen molar-refractivity contribution in [2.45, 2.75) is 19.9 Å². The first kappa shape index (κ1) is 14.7. The molecule has 2 rings (SSSR count). The van der Waals surface area contributed by atoms with E-state index in [-0.39, 0.29) is 5.91 Å². The Morgan fingerprint density at radius 2 is 1.90 bits per heavy atom. The Morgan fingerprint density at radius 1 is 1.25 bits per heavy atom. The maximum Gasteiger partial charge on any atom is 0.256 e. The summed E-state index contributed by atoms with van der Waals surface area (Å²) in [5, 5.41) is 0. The summed E-state index contributed by atoms with van der Waals surface area (Å²) >= 11 is 0. The Morgan fingerprint density at radius 3 is 2.45 bits per heavy atom. The maximum absolute atomic E-state index is 12.5. The van der Waals surface area contributed by atoms with Gasteiger partial charge < -0.3 is 15.4 Å². The number of rotatable bonds is 3. The molecule has 1 fully saturated rings. The molecule has 0 radical (unpaired) electrons. The van der Waals surface area contributed by atoms with Gasteiger partial charge in [0.05, 0.1) is 18.4 Å². The molecular formula is C15H23N3O2. The highest BCUT2D eigenvalue weighted by Crippen LogP contribution is 2.26. The second kappa shape index (κ2) is 6.13. The molecule has 1 amide bonds. The summed E-state index contributed by atoms with van der Waals surface area (Å²) in [5.74, 6) is 0.543. The van der Waals surface area contributed by atoms with Crippen molar-refractivity contribution in [1.82, 2.24) is 9.80 Å². The summed E-state index contributed by atoms with van der Waals surface area (Å²) in [6.45, 7) is 7.66. The number of carbonyl (C=O) groups is 1. The summed E-state index contributed by atoms with van der Waals surface area (Å²) in [6, 6.07) is 5.85. The lowest BCUT2D eigenvalue weighted by molar-refractivity contribution is 0.0596. The van der Waals surface area contributed by atoms with E-state index in [1.54, 1.807) is 25.3 Å². The third kappa shape index (κ3) is 2.88. The number of piperazine rings is 1. The van der Waals surface area contributed by atoms with E-state index in [4.69, 9.17) is 10.5 Å². The molecule has 1 aliphatic heterocycles.